The second-order valence-corrected chi connectivity index (χ2v) is 7.65. The van der Waals surface area contributed by atoms with E-state index in [1.54, 1.807) is 24.3 Å². The number of hydrogen-bond acceptors (Lipinski definition) is 7. The molecule has 0 spiro atoms. The van der Waals surface area contributed by atoms with Crippen molar-refractivity contribution in [3.05, 3.63) is 68.5 Å². The highest BCUT2D eigenvalue weighted by Gasteiger charge is 2.16. The zero-order valence-electron chi connectivity index (χ0n) is 14.1. The van der Waals surface area contributed by atoms with Crippen molar-refractivity contribution in [2.75, 3.05) is 5.84 Å². The molecule has 0 aliphatic rings. The molecule has 2 aromatic heterocycles. The molecule has 10 heteroatoms. The maximum atomic E-state index is 11.8. The first-order valence-electron chi connectivity index (χ1n) is 7.97. The number of fused-ring (bicyclic) bond motifs is 1. The van der Waals surface area contributed by atoms with E-state index in [2.05, 4.69) is 10.2 Å². The largest absolute Gasteiger partial charge is 0.508 e. The molecule has 0 saturated heterocycles. The molecule has 4 rings (SSSR count). The van der Waals surface area contributed by atoms with Crippen LogP contribution in [-0.4, -0.2) is 20.0 Å². The molecule has 7 nitrogen and oxygen atoms in total. The molecular weight excluding hydrogens is 423 g/mol. The number of phenols is 1. The van der Waals surface area contributed by atoms with Crippen molar-refractivity contribution < 1.29 is 9.52 Å². The molecule has 0 radical (unpaired) electrons. The lowest BCUT2D eigenvalue weighted by Gasteiger charge is -2.07. The average Bonchev–Trinajstić information content (AvgIpc) is 2.99. The Morgan fingerprint density at radius 2 is 1.96 bits per heavy atom. The van der Waals surface area contributed by atoms with Crippen LogP contribution in [0.3, 0.4) is 0 Å². The highest BCUT2D eigenvalue weighted by Crippen LogP contribution is 2.32. The summed E-state index contributed by atoms with van der Waals surface area (Å²) in [7, 11) is 0. The number of phenolic OH excluding ortho intramolecular Hbond substituents is 1. The van der Waals surface area contributed by atoms with Crippen LogP contribution in [0.5, 0.6) is 5.75 Å². The minimum atomic E-state index is -0.503. The van der Waals surface area contributed by atoms with Gasteiger partial charge in [-0.3, -0.25) is 0 Å². The zero-order valence-corrected chi connectivity index (χ0v) is 16.4. The first-order valence-corrected chi connectivity index (χ1v) is 9.71. The summed E-state index contributed by atoms with van der Waals surface area (Å²) in [6, 6.07) is 11.0. The Labute approximate surface area is 172 Å². The summed E-state index contributed by atoms with van der Waals surface area (Å²) >= 11 is 13.5. The van der Waals surface area contributed by atoms with Gasteiger partial charge in [0.05, 0.1) is 5.02 Å². The van der Waals surface area contributed by atoms with E-state index >= 15 is 0 Å². The molecule has 0 amide bonds. The van der Waals surface area contributed by atoms with Crippen LogP contribution >= 0.6 is 35.0 Å². The predicted molar refractivity (Wildman–Crippen MR) is 109 cm³/mol. The number of aromatic nitrogens is 3. The number of nitrogen functional groups attached to an aromatic ring is 1. The molecule has 0 bridgehead atoms. The van der Waals surface area contributed by atoms with Crippen molar-refractivity contribution in [3.63, 3.8) is 0 Å². The quantitative estimate of drug-likeness (QED) is 0.283. The fourth-order valence-corrected chi connectivity index (χ4v) is 4.05. The summed E-state index contributed by atoms with van der Waals surface area (Å²) in [5.74, 6) is 6.95. The summed E-state index contributed by atoms with van der Waals surface area (Å²) in [5.41, 5.74) is 1.14. The van der Waals surface area contributed by atoms with Crippen LogP contribution in [0.15, 0.2) is 56.8 Å². The Kier molecular flexibility index (Phi) is 4.92. The molecule has 0 saturated carbocycles. The molecule has 142 valence electrons. The van der Waals surface area contributed by atoms with Gasteiger partial charge in [-0.2, -0.15) is 0 Å². The first kappa shape index (κ1) is 18.7. The van der Waals surface area contributed by atoms with Crippen LogP contribution in [0, 0.1) is 0 Å². The van der Waals surface area contributed by atoms with Crippen LogP contribution in [0.4, 0.5) is 0 Å². The standard InChI is InChI=1S/C18H12Cl2N4O3S/c19-10-1-3-13(14(20)6-10)17-22-23-18(24(17)21)28-8-9-5-16(26)27-15-7-11(25)2-4-12(9)15/h1-7,25H,8,21H2. The lowest BCUT2D eigenvalue weighted by atomic mass is 10.1. The molecule has 0 aliphatic heterocycles. The van der Waals surface area contributed by atoms with Gasteiger partial charge < -0.3 is 15.4 Å². The molecular formula is C18H12Cl2N4O3S. The Hall–Kier alpha value is -2.68. The van der Waals surface area contributed by atoms with Crippen LogP contribution in [-0.2, 0) is 5.75 Å². The van der Waals surface area contributed by atoms with Crippen molar-refractivity contribution in [1.82, 2.24) is 14.9 Å². The fourth-order valence-electron chi connectivity index (χ4n) is 2.71. The first-order chi connectivity index (χ1) is 13.4. The number of nitrogens with two attached hydrogens (primary N) is 1. The van der Waals surface area contributed by atoms with E-state index in [0.717, 1.165) is 5.56 Å². The van der Waals surface area contributed by atoms with E-state index < -0.39 is 5.63 Å². The van der Waals surface area contributed by atoms with Crippen LogP contribution in [0.25, 0.3) is 22.4 Å². The molecule has 0 atom stereocenters. The number of hydrogen-bond donors (Lipinski definition) is 2. The minimum absolute atomic E-state index is 0.0200. The third-order valence-corrected chi connectivity index (χ3v) is 5.55. The Morgan fingerprint density at radius 1 is 1.14 bits per heavy atom. The van der Waals surface area contributed by atoms with Gasteiger partial charge >= 0.3 is 5.63 Å². The number of thioether (sulfide) groups is 1. The molecule has 0 fully saturated rings. The van der Waals surface area contributed by atoms with Crippen molar-refractivity contribution in [1.29, 1.82) is 0 Å². The summed E-state index contributed by atoms with van der Waals surface area (Å²) in [5, 5.41) is 19.9. The van der Waals surface area contributed by atoms with E-state index in [1.807, 2.05) is 0 Å². The van der Waals surface area contributed by atoms with Crippen LogP contribution in [0.2, 0.25) is 10.0 Å². The highest BCUT2D eigenvalue weighted by molar-refractivity contribution is 7.98. The third kappa shape index (κ3) is 3.54. The molecule has 0 unspecified atom stereocenters. The minimum Gasteiger partial charge on any atom is -0.508 e. The van der Waals surface area contributed by atoms with Gasteiger partial charge in [-0.1, -0.05) is 35.0 Å². The average molecular weight is 435 g/mol. The van der Waals surface area contributed by atoms with E-state index in [4.69, 9.17) is 33.5 Å². The van der Waals surface area contributed by atoms with Crippen molar-refractivity contribution >= 4 is 45.9 Å². The molecule has 4 aromatic rings. The van der Waals surface area contributed by atoms with Crippen molar-refractivity contribution in [3.8, 4) is 17.1 Å². The second-order valence-electron chi connectivity index (χ2n) is 5.86. The number of nitrogens with zero attached hydrogens (tertiary/aromatic N) is 3. The summed E-state index contributed by atoms with van der Waals surface area (Å²) in [6.07, 6.45) is 0. The lowest BCUT2D eigenvalue weighted by molar-refractivity contribution is 0.473. The Morgan fingerprint density at radius 3 is 2.75 bits per heavy atom. The molecule has 3 N–H and O–H groups in total. The van der Waals surface area contributed by atoms with Crippen molar-refractivity contribution in [2.24, 2.45) is 0 Å². The Bertz CT molecular complexity index is 1260. The van der Waals surface area contributed by atoms with Gasteiger partial charge in [0.2, 0.25) is 5.16 Å². The predicted octanol–water partition coefficient (Wildman–Crippen LogP) is 4.07. The normalized spacial score (nSPS) is 11.2. The summed E-state index contributed by atoms with van der Waals surface area (Å²) in [6.45, 7) is 0. The van der Waals surface area contributed by atoms with E-state index in [0.29, 0.717) is 43.3 Å². The highest BCUT2D eigenvalue weighted by atomic mass is 35.5. The van der Waals surface area contributed by atoms with Crippen molar-refractivity contribution in [2.45, 2.75) is 10.9 Å². The number of rotatable bonds is 4. The third-order valence-electron chi connectivity index (χ3n) is 4.01. The van der Waals surface area contributed by atoms with Gasteiger partial charge in [0.15, 0.2) is 5.82 Å². The van der Waals surface area contributed by atoms with Gasteiger partial charge in [-0.05, 0) is 35.9 Å². The van der Waals surface area contributed by atoms with E-state index in [9.17, 15) is 9.90 Å². The maximum absolute atomic E-state index is 11.8. The molecule has 2 heterocycles. The van der Waals surface area contributed by atoms with Gasteiger partial charge in [-0.15, -0.1) is 10.2 Å². The second kappa shape index (κ2) is 7.38. The summed E-state index contributed by atoms with van der Waals surface area (Å²) < 4.78 is 6.47. The summed E-state index contributed by atoms with van der Waals surface area (Å²) in [4.78, 5) is 11.8. The topological polar surface area (TPSA) is 107 Å². The van der Waals surface area contributed by atoms with Gasteiger partial charge in [0.1, 0.15) is 11.3 Å². The van der Waals surface area contributed by atoms with Gasteiger partial charge in [-0.25, -0.2) is 9.47 Å². The van der Waals surface area contributed by atoms with Gasteiger partial charge in [0.25, 0.3) is 0 Å². The van der Waals surface area contributed by atoms with E-state index in [-0.39, 0.29) is 5.75 Å². The smallest absolute Gasteiger partial charge is 0.336 e. The van der Waals surface area contributed by atoms with Crippen LogP contribution < -0.4 is 11.5 Å². The number of aromatic hydroxyl groups is 1. The van der Waals surface area contributed by atoms with Crippen LogP contribution in [0.1, 0.15) is 5.56 Å². The Balaban J connectivity index is 1.64. The van der Waals surface area contributed by atoms with E-state index in [1.165, 1.54) is 34.6 Å². The van der Waals surface area contributed by atoms with Gasteiger partial charge in [0, 0.05) is 33.9 Å². The zero-order chi connectivity index (χ0) is 19.8. The molecule has 2 aromatic carbocycles. The number of halogens is 2. The molecule has 28 heavy (non-hydrogen) atoms. The fraction of sp³-hybridized carbons (Fsp3) is 0.0556. The SMILES string of the molecule is Nn1c(SCc2cc(=O)oc3cc(O)ccc23)nnc1-c1ccc(Cl)cc1Cl. The maximum Gasteiger partial charge on any atom is 0.336 e. The molecule has 0 aliphatic carbocycles. The lowest BCUT2D eigenvalue weighted by Crippen LogP contribution is -2.11. The number of benzene rings is 2. The monoisotopic (exact) mass is 434 g/mol.